The third-order valence-electron chi connectivity index (χ3n) is 2.82. The molecule has 92 valence electrons. The summed E-state index contributed by atoms with van der Waals surface area (Å²) in [5.41, 5.74) is 2.21. The number of aryl methyl sites for hydroxylation is 1. The quantitative estimate of drug-likeness (QED) is 0.711. The average Bonchev–Trinajstić information content (AvgIpc) is 2.73. The molecule has 3 heteroatoms. The van der Waals surface area contributed by atoms with Crippen LogP contribution in [0.1, 0.15) is 33.1 Å². The molecule has 1 heterocycles. The number of unbranched alkanes of at least 4 members (excludes halogenated alkanes) is 1. The van der Waals surface area contributed by atoms with E-state index in [0.29, 0.717) is 0 Å². The fourth-order valence-electron chi connectivity index (χ4n) is 1.89. The highest BCUT2D eigenvalue weighted by Gasteiger charge is 2.03. The highest BCUT2D eigenvalue weighted by molar-refractivity contribution is 5.76. The normalized spacial score (nSPS) is 10.9. The maximum absolute atomic E-state index is 5.67. The predicted molar refractivity (Wildman–Crippen MR) is 70.4 cm³/mol. The van der Waals surface area contributed by atoms with Crippen LogP contribution in [0.25, 0.3) is 11.0 Å². The second-order valence-electron chi connectivity index (χ2n) is 4.29. The van der Waals surface area contributed by atoms with Crippen LogP contribution in [0.15, 0.2) is 24.5 Å². The topological polar surface area (TPSA) is 27.1 Å². The fraction of sp³-hybridized carbons (Fsp3) is 0.500. The van der Waals surface area contributed by atoms with Crippen molar-refractivity contribution >= 4 is 11.0 Å². The van der Waals surface area contributed by atoms with Gasteiger partial charge in [0.05, 0.1) is 24.0 Å². The van der Waals surface area contributed by atoms with Crippen LogP contribution >= 0.6 is 0 Å². The van der Waals surface area contributed by atoms with Gasteiger partial charge >= 0.3 is 0 Å². The van der Waals surface area contributed by atoms with Crippen molar-refractivity contribution in [3.05, 3.63) is 24.5 Å². The Balaban J connectivity index is 2.14. The summed E-state index contributed by atoms with van der Waals surface area (Å²) in [6.45, 7) is 6.15. The largest absolute Gasteiger partial charge is 0.494 e. The third kappa shape index (κ3) is 2.78. The number of fused-ring (bicyclic) bond motifs is 1. The Hall–Kier alpha value is -1.51. The van der Waals surface area contributed by atoms with Crippen molar-refractivity contribution in [3.63, 3.8) is 0 Å². The molecule has 0 bridgehead atoms. The summed E-state index contributed by atoms with van der Waals surface area (Å²) in [4.78, 5) is 4.41. The second kappa shape index (κ2) is 5.71. The van der Waals surface area contributed by atoms with Gasteiger partial charge in [-0.05, 0) is 25.0 Å². The molecule has 0 unspecified atom stereocenters. The standard InChI is InChI=1S/C14H20N2O/c1-3-5-9-17-12-6-7-14-13(10-12)15-11-16(14)8-4-2/h6-7,10-11H,3-5,8-9H2,1-2H3. The van der Waals surface area contributed by atoms with Gasteiger partial charge in [0, 0.05) is 12.6 Å². The van der Waals surface area contributed by atoms with Crippen LogP contribution in [-0.4, -0.2) is 16.2 Å². The van der Waals surface area contributed by atoms with E-state index in [-0.39, 0.29) is 0 Å². The molecule has 0 spiro atoms. The summed E-state index contributed by atoms with van der Waals surface area (Å²) in [6, 6.07) is 6.16. The molecular weight excluding hydrogens is 212 g/mol. The Morgan fingerprint density at radius 1 is 1.24 bits per heavy atom. The monoisotopic (exact) mass is 232 g/mol. The maximum atomic E-state index is 5.67. The van der Waals surface area contributed by atoms with Gasteiger partial charge in [-0.3, -0.25) is 0 Å². The lowest BCUT2D eigenvalue weighted by Crippen LogP contribution is -1.97. The Bertz CT molecular complexity index is 476. The first-order valence-electron chi connectivity index (χ1n) is 6.42. The van der Waals surface area contributed by atoms with Gasteiger partial charge in [0.2, 0.25) is 0 Å². The number of ether oxygens (including phenoxy) is 1. The summed E-state index contributed by atoms with van der Waals surface area (Å²) >= 11 is 0. The van der Waals surface area contributed by atoms with Crippen LogP contribution in [0.3, 0.4) is 0 Å². The molecule has 0 saturated heterocycles. The van der Waals surface area contributed by atoms with Crippen molar-refractivity contribution in [2.45, 2.75) is 39.7 Å². The van der Waals surface area contributed by atoms with Crippen molar-refractivity contribution < 1.29 is 4.74 Å². The van der Waals surface area contributed by atoms with Crippen LogP contribution < -0.4 is 4.74 Å². The van der Waals surface area contributed by atoms with Gasteiger partial charge in [-0.25, -0.2) is 4.98 Å². The first-order valence-corrected chi connectivity index (χ1v) is 6.42. The van der Waals surface area contributed by atoms with Crippen molar-refractivity contribution in [1.29, 1.82) is 0 Å². The van der Waals surface area contributed by atoms with E-state index in [2.05, 4.69) is 29.5 Å². The zero-order valence-electron chi connectivity index (χ0n) is 10.6. The van der Waals surface area contributed by atoms with Crippen LogP contribution in [0.4, 0.5) is 0 Å². The van der Waals surface area contributed by atoms with E-state index in [1.165, 1.54) is 5.52 Å². The van der Waals surface area contributed by atoms with E-state index < -0.39 is 0 Å². The van der Waals surface area contributed by atoms with Crippen LogP contribution in [0.2, 0.25) is 0 Å². The third-order valence-corrected chi connectivity index (χ3v) is 2.82. The molecule has 0 aliphatic rings. The Morgan fingerprint density at radius 3 is 2.88 bits per heavy atom. The van der Waals surface area contributed by atoms with E-state index in [1.54, 1.807) is 0 Å². The van der Waals surface area contributed by atoms with Crippen LogP contribution in [-0.2, 0) is 6.54 Å². The predicted octanol–water partition coefficient (Wildman–Crippen LogP) is 3.63. The van der Waals surface area contributed by atoms with Crippen molar-refractivity contribution in [1.82, 2.24) is 9.55 Å². The van der Waals surface area contributed by atoms with Gasteiger partial charge < -0.3 is 9.30 Å². The van der Waals surface area contributed by atoms with Crippen LogP contribution in [0, 0.1) is 0 Å². The first kappa shape index (κ1) is 12.0. The molecule has 3 nitrogen and oxygen atoms in total. The molecule has 2 aromatic rings. The lowest BCUT2D eigenvalue weighted by Gasteiger charge is -2.05. The minimum absolute atomic E-state index is 0.789. The minimum Gasteiger partial charge on any atom is -0.494 e. The highest BCUT2D eigenvalue weighted by Crippen LogP contribution is 2.20. The van der Waals surface area contributed by atoms with Gasteiger partial charge in [-0.2, -0.15) is 0 Å². The molecule has 1 aromatic heterocycles. The molecule has 0 saturated carbocycles. The lowest BCUT2D eigenvalue weighted by atomic mass is 10.3. The average molecular weight is 232 g/mol. The zero-order valence-corrected chi connectivity index (χ0v) is 10.6. The molecular formula is C14H20N2O. The molecule has 0 aliphatic heterocycles. The van der Waals surface area contributed by atoms with E-state index in [1.807, 2.05) is 18.5 Å². The molecule has 0 radical (unpaired) electrons. The number of nitrogens with zero attached hydrogens (tertiary/aromatic N) is 2. The summed E-state index contributed by atoms with van der Waals surface area (Å²) in [5.74, 6) is 0.924. The zero-order chi connectivity index (χ0) is 12.1. The van der Waals surface area contributed by atoms with Crippen molar-refractivity contribution in [2.24, 2.45) is 0 Å². The van der Waals surface area contributed by atoms with Gasteiger partial charge in [-0.1, -0.05) is 20.3 Å². The highest BCUT2D eigenvalue weighted by atomic mass is 16.5. The molecule has 0 fully saturated rings. The second-order valence-corrected chi connectivity index (χ2v) is 4.29. The van der Waals surface area contributed by atoms with E-state index in [0.717, 1.165) is 43.7 Å². The number of hydrogen-bond acceptors (Lipinski definition) is 2. The van der Waals surface area contributed by atoms with E-state index in [9.17, 15) is 0 Å². The Labute approximate surface area is 102 Å². The molecule has 0 atom stereocenters. The van der Waals surface area contributed by atoms with Gasteiger partial charge in [0.25, 0.3) is 0 Å². The van der Waals surface area contributed by atoms with Crippen molar-refractivity contribution in [3.8, 4) is 5.75 Å². The van der Waals surface area contributed by atoms with E-state index in [4.69, 9.17) is 4.74 Å². The Morgan fingerprint density at radius 2 is 2.12 bits per heavy atom. The Kier molecular flexibility index (Phi) is 4.02. The van der Waals surface area contributed by atoms with Crippen LogP contribution in [0.5, 0.6) is 5.75 Å². The summed E-state index contributed by atoms with van der Waals surface area (Å²) in [5, 5.41) is 0. The smallest absolute Gasteiger partial charge is 0.121 e. The molecule has 2 rings (SSSR count). The SMILES string of the molecule is CCCCOc1ccc2c(c1)ncn2CCC. The van der Waals surface area contributed by atoms with E-state index >= 15 is 0 Å². The first-order chi connectivity index (χ1) is 8.35. The summed E-state index contributed by atoms with van der Waals surface area (Å²) in [6.07, 6.45) is 5.29. The molecule has 17 heavy (non-hydrogen) atoms. The number of imidazole rings is 1. The van der Waals surface area contributed by atoms with Crippen molar-refractivity contribution in [2.75, 3.05) is 6.61 Å². The molecule has 0 aliphatic carbocycles. The van der Waals surface area contributed by atoms with Gasteiger partial charge in [0.15, 0.2) is 0 Å². The molecule has 0 amide bonds. The summed E-state index contributed by atoms with van der Waals surface area (Å²) < 4.78 is 7.86. The number of benzene rings is 1. The number of rotatable bonds is 6. The maximum Gasteiger partial charge on any atom is 0.121 e. The molecule has 1 aromatic carbocycles. The molecule has 0 N–H and O–H groups in total. The minimum atomic E-state index is 0.789. The fourth-order valence-corrected chi connectivity index (χ4v) is 1.89. The number of aromatic nitrogens is 2. The lowest BCUT2D eigenvalue weighted by molar-refractivity contribution is 0.310. The summed E-state index contributed by atoms with van der Waals surface area (Å²) in [7, 11) is 0. The number of hydrogen-bond donors (Lipinski definition) is 0. The van der Waals surface area contributed by atoms with Gasteiger partial charge in [-0.15, -0.1) is 0 Å². The van der Waals surface area contributed by atoms with Gasteiger partial charge in [0.1, 0.15) is 5.75 Å².